The van der Waals surface area contributed by atoms with E-state index in [0.29, 0.717) is 19.7 Å². The normalized spacial score (nSPS) is 19.7. The first-order chi connectivity index (χ1) is 7.09. The summed E-state index contributed by atoms with van der Waals surface area (Å²) in [6.45, 7) is 3.57. The quantitative estimate of drug-likeness (QED) is 0.715. The maximum absolute atomic E-state index is 11.9. The van der Waals surface area contributed by atoms with E-state index in [9.17, 15) is 8.42 Å². The van der Waals surface area contributed by atoms with Gasteiger partial charge in [-0.3, -0.25) is 4.84 Å². The van der Waals surface area contributed by atoms with Crippen LogP contribution in [0, 0.1) is 0 Å². The molecule has 0 aromatic heterocycles. The van der Waals surface area contributed by atoms with Crippen molar-refractivity contribution in [2.75, 3.05) is 26.7 Å². The summed E-state index contributed by atoms with van der Waals surface area (Å²) in [7, 11) is -1.79. The Morgan fingerprint density at radius 1 is 1.40 bits per heavy atom. The van der Waals surface area contributed by atoms with E-state index in [1.807, 2.05) is 6.92 Å². The van der Waals surface area contributed by atoms with Crippen molar-refractivity contribution >= 4 is 10.2 Å². The Morgan fingerprint density at radius 3 is 2.67 bits per heavy atom. The van der Waals surface area contributed by atoms with Crippen LogP contribution in [0.15, 0.2) is 0 Å². The molecule has 15 heavy (non-hydrogen) atoms. The maximum atomic E-state index is 11.9. The Kier molecular flexibility index (Phi) is 4.98. The number of hydrogen-bond acceptors (Lipinski definition) is 3. The highest BCUT2D eigenvalue weighted by molar-refractivity contribution is 7.86. The van der Waals surface area contributed by atoms with Gasteiger partial charge in [-0.1, -0.05) is 17.8 Å². The van der Waals surface area contributed by atoms with Gasteiger partial charge in [0, 0.05) is 20.1 Å². The highest BCUT2D eigenvalue weighted by Crippen LogP contribution is 2.14. The molecule has 1 aliphatic rings. The SMILES string of the molecule is CCCCN(C)S(=O)(=O)N1CCCCO1. The molecule has 0 unspecified atom stereocenters. The van der Waals surface area contributed by atoms with E-state index in [0.717, 1.165) is 30.2 Å². The molecular weight excluding hydrogens is 216 g/mol. The zero-order valence-electron chi connectivity index (χ0n) is 9.48. The minimum atomic E-state index is -3.39. The molecule has 1 fully saturated rings. The molecular formula is C9H20N2O3S. The second-order valence-electron chi connectivity index (χ2n) is 3.75. The van der Waals surface area contributed by atoms with Gasteiger partial charge in [0.2, 0.25) is 0 Å². The molecule has 90 valence electrons. The molecule has 0 atom stereocenters. The van der Waals surface area contributed by atoms with E-state index in [4.69, 9.17) is 4.84 Å². The van der Waals surface area contributed by atoms with Crippen molar-refractivity contribution in [1.29, 1.82) is 0 Å². The van der Waals surface area contributed by atoms with Gasteiger partial charge in [-0.2, -0.15) is 12.7 Å². The van der Waals surface area contributed by atoms with Crippen LogP contribution in [0.4, 0.5) is 0 Å². The van der Waals surface area contributed by atoms with Crippen LogP contribution in [-0.2, 0) is 15.0 Å². The zero-order valence-corrected chi connectivity index (χ0v) is 10.3. The molecule has 0 saturated carbocycles. The van der Waals surface area contributed by atoms with Crippen LogP contribution >= 0.6 is 0 Å². The lowest BCUT2D eigenvalue weighted by atomic mass is 10.3. The van der Waals surface area contributed by atoms with Crippen molar-refractivity contribution in [2.24, 2.45) is 0 Å². The van der Waals surface area contributed by atoms with Crippen molar-refractivity contribution in [3.05, 3.63) is 0 Å². The number of unbranched alkanes of at least 4 members (excludes halogenated alkanes) is 1. The third-order valence-electron chi connectivity index (χ3n) is 2.45. The Morgan fingerprint density at radius 2 is 2.13 bits per heavy atom. The molecule has 0 amide bonds. The Labute approximate surface area is 92.1 Å². The molecule has 1 aliphatic heterocycles. The lowest BCUT2D eigenvalue weighted by Crippen LogP contribution is -2.44. The maximum Gasteiger partial charge on any atom is 0.303 e. The highest BCUT2D eigenvalue weighted by atomic mass is 32.2. The summed E-state index contributed by atoms with van der Waals surface area (Å²) < 4.78 is 26.3. The van der Waals surface area contributed by atoms with Gasteiger partial charge in [-0.25, -0.2) is 0 Å². The van der Waals surface area contributed by atoms with Gasteiger partial charge in [0.05, 0.1) is 6.61 Å². The summed E-state index contributed by atoms with van der Waals surface area (Å²) in [4.78, 5) is 5.15. The van der Waals surface area contributed by atoms with Crippen LogP contribution in [0.3, 0.4) is 0 Å². The van der Waals surface area contributed by atoms with E-state index < -0.39 is 10.2 Å². The van der Waals surface area contributed by atoms with Crippen molar-refractivity contribution < 1.29 is 13.3 Å². The molecule has 0 N–H and O–H groups in total. The fourth-order valence-electron chi connectivity index (χ4n) is 1.41. The summed E-state index contributed by atoms with van der Waals surface area (Å²) in [6.07, 6.45) is 3.68. The average molecular weight is 236 g/mol. The number of hydrogen-bond donors (Lipinski definition) is 0. The van der Waals surface area contributed by atoms with Gasteiger partial charge in [0.25, 0.3) is 0 Å². The monoisotopic (exact) mass is 236 g/mol. The molecule has 5 nitrogen and oxygen atoms in total. The highest BCUT2D eigenvalue weighted by Gasteiger charge is 2.28. The van der Waals surface area contributed by atoms with E-state index in [1.54, 1.807) is 7.05 Å². The molecule has 0 aromatic rings. The van der Waals surface area contributed by atoms with Gasteiger partial charge >= 0.3 is 10.2 Å². The molecule has 6 heteroatoms. The number of nitrogens with zero attached hydrogens (tertiary/aromatic N) is 2. The van der Waals surface area contributed by atoms with Crippen molar-refractivity contribution in [3.8, 4) is 0 Å². The first kappa shape index (κ1) is 12.9. The van der Waals surface area contributed by atoms with E-state index in [-0.39, 0.29) is 0 Å². The van der Waals surface area contributed by atoms with Crippen molar-refractivity contribution in [2.45, 2.75) is 32.6 Å². The lowest BCUT2D eigenvalue weighted by molar-refractivity contribution is -0.112. The average Bonchev–Trinajstić information content (AvgIpc) is 2.27. The predicted octanol–water partition coefficient (Wildman–Crippen LogP) is 0.990. The fraction of sp³-hybridized carbons (Fsp3) is 1.00. The zero-order chi connectivity index (χ0) is 11.3. The summed E-state index contributed by atoms with van der Waals surface area (Å²) in [5.41, 5.74) is 0. The van der Waals surface area contributed by atoms with Gasteiger partial charge in [0.1, 0.15) is 0 Å². The minimum absolute atomic E-state index is 0.471. The van der Waals surface area contributed by atoms with Crippen LogP contribution in [0.25, 0.3) is 0 Å². The molecule has 1 heterocycles. The summed E-state index contributed by atoms with van der Waals surface area (Å²) in [6, 6.07) is 0. The third-order valence-corrected chi connectivity index (χ3v) is 4.22. The Hall–Kier alpha value is -0.170. The Bertz CT molecular complexity index is 273. The van der Waals surface area contributed by atoms with Crippen LogP contribution < -0.4 is 0 Å². The largest absolute Gasteiger partial charge is 0.303 e. The molecule has 0 radical (unpaired) electrons. The first-order valence-electron chi connectivity index (χ1n) is 5.46. The molecule has 1 rings (SSSR count). The topological polar surface area (TPSA) is 49.9 Å². The van der Waals surface area contributed by atoms with Crippen molar-refractivity contribution in [3.63, 3.8) is 0 Å². The van der Waals surface area contributed by atoms with Crippen LogP contribution in [0.5, 0.6) is 0 Å². The lowest BCUT2D eigenvalue weighted by Gasteiger charge is -2.29. The van der Waals surface area contributed by atoms with Crippen LogP contribution in [0.2, 0.25) is 0 Å². The molecule has 0 aromatic carbocycles. The molecule has 0 spiro atoms. The van der Waals surface area contributed by atoms with Gasteiger partial charge in [-0.05, 0) is 19.3 Å². The van der Waals surface area contributed by atoms with Crippen LogP contribution in [-0.4, -0.2) is 43.9 Å². The number of hydroxylamine groups is 1. The van der Waals surface area contributed by atoms with E-state index >= 15 is 0 Å². The smallest absolute Gasteiger partial charge is 0.283 e. The van der Waals surface area contributed by atoms with E-state index in [2.05, 4.69) is 0 Å². The van der Waals surface area contributed by atoms with Crippen LogP contribution in [0.1, 0.15) is 32.6 Å². The standard InChI is InChI=1S/C9H20N2O3S/c1-3-4-7-10(2)15(12,13)11-8-5-6-9-14-11/h3-9H2,1-2H3. The molecule has 1 saturated heterocycles. The summed E-state index contributed by atoms with van der Waals surface area (Å²) >= 11 is 0. The Balaban J connectivity index is 2.55. The first-order valence-corrected chi connectivity index (χ1v) is 6.85. The fourth-order valence-corrected chi connectivity index (χ4v) is 2.65. The predicted molar refractivity (Wildman–Crippen MR) is 58.3 cm³/mol. The second-order valence-corrected chi connectivity index (χ2v) is 5.68. The molecule has 0 aliphatic carbocycles. The van der Waals surface area contributed by atoms with Gasteiger partial charge in [0.15, 0.2) is 0 Å². The number of rotatable bonds is 5. The van der Waals surface area contributed by atoms with Crippen molar-refractivity contribution in [1.82, 2.24) is 8.77 Å². The van der Waals surface area contributed by atoms with E-state index in [1.165, 1.54) is 4.31 Å². The minimum Gasteiger partial charge on any atom is -0.283 e. The molecule has 0 bridgehead atoms. The van der Waals surface area contributed by atoms with Gasteiger partial charge in [-0.15, -0.1) is 0 Å². The second kappa shape index (κ2) is 5.79. The van der Waals surface area contributed by atoms with Gasteiger partial charge < -0.3 is 0 Å². The summed E-state index contributed by atoms with van der Waals surface area (Å²) in [5.74, 6) is 0. The third kappa shape index (κ3) is 3.41. The summed E-state index contributed by atoms with van der Waals surface area (Å²) in [5, 5.41) is 0.